The summed E-state index contributed by atoms with van der Waals surface area (Å²) in [5, 5.41) is 13.5. The van der Waals surface area contributed by atoms with Crippen LogP contribution in [0.1, 0.15) is 34.1 Å². The van der Waals surface area contributed by atoms with Crippen molar-refractivity contribution in [1.29, 1.82) is 0 Å². The topological polar surface area (TPSA) is 86.1 Å². The highest BCUT2D eigenvalue weighted by atomic mass is 35.5. The van der Waals surface area contributed by atoms with Crippen molar-refractivity contribution >= 4 is 63.2 Å². The number of rotatable bonds is 8. The maximum atomic E-state index is 12.9. The average Bonchev–Trinajstić information content (AvgIpc) is 3.37. The zero-order valence-corrected chi connectivity index (χ0v) is 22.4. The largest absolute Gasteiger partial charge is 0.465 e. The number of nitrogens with zero attached hydrogens (tertiary/aromatic N) is 3. The minimum atomic E-state index is -0.421. The van der Waals surface area contributed by atoms with E-state index in [2.05, 4.69) is 29.0 Å². The Balaban J connectivity index is 1.52. The van der Waals surface area contributed by atoms with Gasteiger partial charge < -0.3 is 10.1 Å². The third-order valence-corrected chi connectivity index (χ3v) is 8.37. The predicted molar refractivity (Wildman–Crippen MR) is 142 cm³/mol. The van der Waals surface area contributed by atoms with E-state index in [1.54, 1.807) is 24.3 Å². The Kier molecular flexibility index (Phi) is 8.21. The Morgan fingerprint density at radius 2 is 2.17 bits per heavy atom. The van der Waals surface area contributed by atoms with Crippen LogP contribution < -0.4 is 5.32 Å². The van der Waals surface area contributed by atoms with Gasteiger partial charge in [0.05, 0.1) is 23.4 Å². The van der Waals surface area contributed by atoms with E-state index in [0.717, 1.165) is 29.7 Å². The zero-order chi connectivity index (χ0) is 25.1. The highest BCUT2D eigenvalue weighted by molar-refractivity contribution is 7.99. The van der Waals surface area contributed by atoms with Gasteiger partial charge in [-0.05, 0) is 48.9 Å². The molecule has 1 amide bonds. The van der Waals surface area contributed by atoms with Crippen LogP contribution >= 0.6 is 46.3 Å². The van der Waals surface area contributed by atoms with Crippen LogP contribution in [0.15, 0.2) is 36.0 Å². The molecule has 2 aromatic heterocycles. The first-order valence-corrected chi connectivity index (χ1v) is 13.5. The summed E-state index contributed by atoms with van der Waals surface area (Å²) in [4.78, 5) is 26.5. The lowest BCUT2D eigenvalue weighted by molar-refractivity contribution is -0.113. The molecule has 35 heavy (non-hydrogen) atoms. The van der Waals surface area contributed by atoms with E-state index < -0.39 is 5.97 Å². The lowest BCUT2D eigenvalue weighted by atomic mass is 9.88. The second kappa shape index (κ2) is 11.2. The number of hydrogen-bond acceptors (Lipinski definition) is 7. The highest BCUT2D eigenvalue weighted by Crippen LogP contribution is 2.40. The molecule has 0 spiro atoms. The maximum Gasteiger partial charge on any atom is 0.341 e. The van der Waals surface area contributed by atoms with Crippen molar-refractivity contribution < 1.29 is 14.3 Å². The zero-order valence-electron chi connectivity index (χ0n) is 19.3. The number of methoxy groups -OCH3 is 1. The molecule has 2 heterocycles. The number of fused-ring (bicyclic) bond motifs is 1. The Morgan fingerprint density at radius 1 is 1.37 bits per heavy atom. The SMILES string of the molecule is C=CCn1c(SCC(=O)Nc2sc3c(c2C(=O)OC)CCC(C)C3)nnc1-c1ccc(Cl)cc1Cl. The quantitative estimate of drug-likeness (QED) is 0.206. The molecule has 7 nitrogen and oxygen atoms in total. The highest BCUT2D eigenvalue weighted by Gasteiger charge is 2.29. The number of thiophene rings is 1. The molecule has 0 aliphatic heterocycles. The van der Waals surface area contributed by atoms with E-state index in [9.17, 15) is 9.59 Å². The number of allylic oxidation sites excluding steroid dienone is 1. The van der Waals surface area contributed by atoms with Gasteiger partial charge in [0.25, 0.3) is 0 Å². The summed E-state index contributed by atoms with van der Waals surface area (Å²) in [6.45, 7) is 6.44. The third-order valence-electron chi connectivity index (χ3n) is 5.69. The number of carbonyl (C=O) groups excluding carboxylic acids is 2. The fourth-order valence-corrected chi connectivity index (χ4v) is 6.66. The molecule has 3 aromatic rings. The summed E-state index contributed by atoms with van der Waals surface area (Å²) in [6, 6.07) is 5.16. The van der Waals surface area contributed by atoms with Crippen LogP contribution in [0.3, 0.4) is 0 Å². The Hall–Kier alpha value is -2.33. The molecule has 4 rings (SSSR count). The first-order chi connectivity index (χ1) is 16.8. The molecule has 11 heteroatoms. The van der Waals surface area contributed by atoms with E-state index in [-0.39, 0.29) is 11.7 Å². The molecular weight excluding hydrogens is 527 g/mol. The lowest BCUT2D eigenvalue weighted by Crippen LogP contribution is -2.17. The number of esters is 1. The van der Waals surface area contributed by atoms with Crippen molar-refractivity contribution in [2.24, 2.45) is 5.92 Å². The smallest absolute Gasteiger partial charge is 0.341 e. The van der Waals surface area contributed by atoms with Crippen LogP contribution in [0.2, 0.25) is 10.0 Å². The number of anilines is 1. The minimum Gasteiger partial charge on any atom is -0.465 e. The van der Waals surface area contributed by atoms with Crippen molar-refractivity contribution in [3.63, 3.8) is 0 Å². The van der Waals surface area contributed by atoms with Crippen LogP contribution in [0, 0.1) is 5.92 Å². The standard InChI is InChI=1S/C24H24Cl2N4O3S2/c1-4-9-30-21(15-8-6-14(25)11-17(15)26)28-29-24(30)34-12-19(31)27-22-20(23(32)33-3)16-7-5-13(2)10-18(16)35-22/h4,6,8,11,13H,1,5,7,9-10,12H2,2-3H3,(H,27,31). The van der Waals surface area contributed by atoms with Gasteiger partial charge in [-0.1, -0.05) is 48.0 Å². The van der Waals surface area contributed by atoms with Gasteiger partial charge in [-0.15, -0.1) is 28.1 Å². The first-order valence-electron chi connectivity index (χ1n) is 11.0. The van der Waals surface area contributed by atoms with E-state index in [0.29, 0.717) is 49.6 Å². The summed E-state index contributed by atoms with van der Waals surface area (Å²) in [5.74, 6) is 0.525. The van der Waals surface area contributed by atoms with E-state index in [1.165, 1.54) is 30.2 Å². The number of benzene rings is 1. The minimum absolute atomic E-state index is 0.0865. The van der Waals surface area contributed by atoms with Crippen LogP contribution in [0.5, 0.6) is 0 Å². The van der Waals surface area contributed by atoms with Crippen LogP contribution in [0.25, 0.3) is 11.4 Å². The van der Waals surface area contributed by atoms with Crippen molar-refractivity contribution in [3.8, 4) is 11.4 Å². The molecule has 1 aliphatic carbocycles. The monoisotopic (exact) mass is 550 g/mol. The molecule has 0 fully saturated rings. The fourth-order valence-electron chi connectivity index (χ4n) is 4.01. The van der Waals surface area contributed by atoms with Crippen molar-refractivity contribution in [2.75, 3.05) is 18.2 Å². The molecule has 0 saturated heterocycles. The summed E-state index contributed by atoms with van der Waals surface area (Å²) < 4.78 is 6.84. The normalized spacial score (nSPS) is 14.9. The van der Waals surface area contributed by atoms with Gasteiger partial charge in [0.15, 0.2) is 11.0 Å². The summed E-state index contributed by atoms with van der Waals surface area (Å²) in [6.07, 6.45) is 4.44. The van der Waals surface area contributed by atoms with Gasteiger partial charge in [-0.2, -0.15) is 0 Å². The lowest BCUT2D eigenvalue weighted by Gasteiger charge is -2.18. The molecule has 1 N–H and O–H groups in total. The van der Waals surface area contributed by atoms with Crippen molar-refractivity contribution in [2.45, 2.75) is 37.9 Å². The molecule has 1 atom stereocenters. The number of aromatic nitrogens is 3. The van der Waals surface area contributed by atoms with Gasteiger partial charge in [0.2, 0.25) is 5.91 Å². The predicted octanol–water partition coefficient (Wildman–Crippen LogP) is 6.14. The Labute approximate surface area is 221 Å². The second-order valence-electron chi connectivity index (χ2n) is 8.21. The summed E-state index contributed by atoms with van der Waals surface area (Å²) >= 11 is 15.1. The molecule has 0 saturated carbocycles. The number of ether oxygens (including phenoxy) is 1. The van der Waals surface area contributed by atoms with Gasteiger partial charge in [0.1, 0.15) is 5.00 Å². The molecule has 1 aromatic carbocycles. The number of thioether (sulfide) groups is 1. The van der Waals surface area contributed by atoms with Crippen LogP contribution in [-0.2, 0) is 28.9 Å². The summed E-state index contributed by atoms with van der Waals surface area (Å²) in [5.41, 5.74) is 2.16. The molecule has 1 aliphatic rings. The number of amides is 1. The molecule has 0 bridgehead atoms. The molecule has 1 unspecified atom stereocenters. The first kappa shape index (κ1) is 25.8. The molecule has 184 valence electrons. The third kappa shape index (κ3) is 5.58. The molecule has 0 radical (unpaired) electrons. The van der Waals surface area contributed by atoms with Crippen molar-refractivity contribution in [3.05, 3.63) is 56.9 Å². The second-order valence-corrected chi connectivity index (χ2v) is 11.1. The van der Waals surface area contributed by atoms with E-state index in [4.69, 9.17) is 27.9 Å². The van der Waals surface area contributed by atoms with E-state index in [1.807, 2.05) is 4.57 Å². The van der Waals surface area contributed by atoms with Gasteiger partial charge in [-0.25, -0.2) is 4.79 Å². The van der Waals surface area contributed by atoms with Gasteiger partial charge in [0, 0.05) is 22.0 Å². The van der Waals surface area contributed by atoms with Crippen LogP contribution in [-0.4, -0.2) is 39.5 Å². The fraction of sp³-hybridized carbons (Fsp3) is 0.333. The number of halogens is 2. The number of carbonyl (C=O) groups is 2. The Bertz CT molecular complexity index is 1290. The number of hydrogen-bond donors (Lipinski definition) is 1. The summed E-state index contributed by atoms with van der Waals surface area (Å²) in [7, 11) is 1.36. The Morgan fingerprint density at radius 3 is 2.89 bits per heavy atom. The van der Waals surface area contributed by atoms with Crippen LogP contribution in [0.4, 0.5) is 5.00 Å². The van der Waals surface area contributed by atoms with E-state index >= 15 is 0 Å². The number of nitrogens with one attached hydrogen (secondary N) is 1. The van der Waals surface area contributed by atoms with Crippen molar-refractivity contribution in [1.82, 2.24) is 14.8 Å². The maximum absolute atomic E-state index is 12.9. The average molecular weight is 552 g/mol. The molecular formula is C24H24Cl2N4O3S2. The van der Waals surface area contributed by atoms with Gasteiger partial charge in [-0.3, -0.25) is 9.36 Å². The van der Waals surface area contributed by atoms with Gasteiger partial charge >= 0.3 is 5.97 Å².